The topological polar surface area (TPSA) is 61.4 Å². The van der Waals surface area contributed by atoms with Crippen LogP contribution in [-0.2, 0) is 7.05 Å². The van der Waals surface area contributed by atoms with Gasteiger partial charge in [0.15, 0.2) is 0 Å². The fourth-order valence-corrected chi connectivity index (χ4v) is 4.91. The Hall–Kier alpha value is -5.17. The van der Waals surface area contributed by atoms with Crippen molar-refractivity contribution in [2.24, 2.45) is 7.05 Å². The lowest BCUT2D eigenvalue weighted by molar-refractivity contribution is 0.628. The molecule has 7 aromatic rings. The fourth-order valence-electron chi connectivity index (χ4n) is 4.91. The number of fused-ring (bicyclic) bond motifs is 3. The lowest BCUT2D eigenvalue weighted by Crippen LogP contribution is -1.98. The Morgan fingerprint density at radius 1 is 0.684 bits per heavy atom. The zero-order chi connectivity index (χ0) is 25.6. The van der Waals surface area contributed by atoms with Gasteiger partial charge in [0.2, 0.25) is 0 Å². The van der Waals surface area contributed by atoms with Gasteiger partial charge in [-0.3, -0.25) is 14.2 Å². The highest BCUT2D eigenvalue weighted by Crippen LogP contribution is 2.32. The van der Waals surface area contributed by atoms with E-state index >= 15 is 0 Å². The first-order valence-electron chi connectivity index (χ1n) is 12.2. The Morgan fingerprint density at radius 3 is 2.26 bits per heavy atom. The SMILES string of the molecule is Cn1ccc(-c2cc(-c3ccc(F)cc3)cc(-c3ccc(-n4c5ccccc5c5ccncc54)nc3)n2)n1. The predicted octanol–water partition coefficient (Wildman–Crippen LogP) is 6.84. The number of rotatable bonds is 4. The number of nitrogens with zero attached hydrogens (tertiary/aromatic N) is 6. The van der Waals surface area contributed by atoms with Crippen LogP contribution in [0.3, 0.4) is 0 Å². The van der Waals surface area contributed by atoms with Gasteiger partial charge >= 0.3 is 0 Å². The van der Waals surface area contributed by atoms with Crippen LogP contribution in [0.1, 0.15) is 0 Å². The highest BCUT2D eigenvalue weighted by atomic mass is 19.1. The van der Waals surface area contributed by atoms with Gasteiger partial charge in [-0.2, -0.15) is 5.10 Å². The summed E-state index contributed by atoms with van der Waals surface area (Å²) in [5, 5.41) is 6.83. The van der Waals surface area contributed by atoms with Crippen molar-refractivity contribution in [3.63, 3.8) is 0 Å². The number of aryl methyl sites for hydroxylation is 1. The predicted molar refractivity (Wildman–Crippen MR) is 147 cm³/mol. The number of hydrogen-bond donors (Lipinski definition) is 0. The van der Waals surface area contributed by atoms with Crippen LogP contribution in [0.15, 0.2) is 110 Å². The molecule has 0 saturated carbocycles. The molecular formula is C31H21FN6. The molecule has 7 heteroatoms. The van der Waals surface area contributed by atoms with Crippen molar-refractivity contribution < 1.29 is 4.39 Å². The van der Waals surface area contributed by atoms with Gasteiger partial charge in [0.05, 0.1) is 28.6 Å². The van der Waals surface area contributed by atoms with Gasteiger partial charge in [0.1, 0.15) is 17.3 Å². The minimum Gasteiger partial charge on any atom is -0.292 e. The van der Waals surface area contributed by atoms with E-state index in [4.69, 9.17) is 9.97 Å². The van der Waals surface area contributed by atoms with Crippen LogP contribution in [0, 0.1) is 5.82 Å². The largest absolute Gasteiger partial charge is 0.292 e. The molecule has 0 unspecified atom stereocenters. The van der Waals surface area contributed by atoms with E-state index in [9.17, 15) is 4.39 Å². The second-order valence-electron chi connectivity index (χ2n) is 9.16. The highest BCUT2D eigenvalue weighted by molar-refractivity contribution is 6.08. The monoisotopic (exact) mass is 496 g/mol. The number of benzene rings is 2. The van der Waals surface area contributed by atoms with Crippen molar-refractivity contribution in [3.8, 4) is 39.6 Å². The van der Waals surface area contributed by atoms with Crippen molar-refractivity contribution in [1.82, 2.24) is 29.3 Å². The van der Waals surface area contributed by atoms with Gasteiger partial charge in [-0.25, -0.2) is 14.4 Å². The summed E-state index contributed by atoms with van der Waals surface area (Å²) < 4.78 is 17.5. The summed E-state index contributed by atoms with van der Waals surface area (Å²) in [6, 6.07) is 26.7. The Morgan fingerprint density at radius 2 is 1.47 bits per heavy atom. The molecule has 0 spiro atoms. The third-order valence-corrected chi connectivity index (χ3v) is 6.73. The molecule has 0 atom stereocenters. The van der Waals surface area contributed by atoms with Crippen LogP contribution in [-0.4, -0.2) is 29.3 Å². The molecule has 5 aromatic heterocycles. The molecule has 6 nitrogen and oxygen atoms in total. The van der Waals surface area contributed by atoms with E-state index in [1.807, 2.05) is 80.4 Å². The smallest absolute Gasteiger partial charge is 0.137 e. The Kier molecular flexibility index (Phi) is 5.07. The summed E-state index contributed by atoms with van der Waals surface area (Å²) in [5.41, 5.74) is 7.03. The third kappa shape index (κ3) is 3.72. The Balaban J connectivity index is 1.36. The zero-order valence-corrected chi connectivity index (χ0v) is 20.5. The fraction of sp³-hybridized carbons (Fsp3) is 0.0323. The van der Waals surface area contributed by atoms with Crippen molar-refractivity contribution in [2.75, 3.05) is 0 Å². The number of aromatic nitrogens is 6. The average Bonchev–Trinajstić information content (AvgIpc) is 3.55. The molecule has 0 aliphatic heterocycles. The van der Waals surface area contributed by atoms with Gasteiger partial charge in [-0.15, -0.1) is 0 Å². The van der Waals surface area contributed by atoms with E-state index in [1.165, 1.54) is 12.1 Å². The first kappa shape index (κ1) is 22.1. The highest BCUT2D eigenvalue weighted by Gasteiger charge is 2.14. The van der Waals surface area contributed by atoms with E-state index in [0.717, 1.165) is 61.4 Å². The Labute approximate surface area is 217 Å². The second kappa shape index (κ2) is 8.74. The molecule has 0 bridgehead atoms. The molecule has 0 aliphatic carbocycles. The van der Waals surface area contributed by atoms with E-state index < -0.39 is 0 Å². The minimum absolute atomic E-state index is 0.270. The van der Waals surface area contributed by atoms with Gasteiger partial charge in [0.25, 0.3) is 0 Å². The minimum atomic E-state index is -0.270. The molecular weight excluding hydrogens is 475 g/mol. The Bertz CT molecular complexity index is 1880. The number of hydrogen-bond acceptors (Lipinski definition) is 4. The quantitative estimate of drug-likeness (QED) is 0.268. The lowest BCUT2D eigenvalue weighted by Gasteiger charge is -2.10. The standard InChI is InChI=1S/C31H21FN6/c1-37-15-13-26(36-37)28-17-22(20-6-9-23(32)10-7-20)16-27(35-28)21-8-11-31(34-18-21)38-29-5-3-2-4-24(29)25-12-14-33-19-30(25)38/h2-19H,1H3. The van der Waals surface area contributed by atoms with Crippen LogP contribution in [0.2, 0.25) is 0 Å². The second-order valence-corrected chi connectivity index (χ2v) is 9.16. The van der Waals surface area contributed by atoms with Gasteiger partial charge in [0, 0.05) is 42.0 Å². The average molecular weight is 497 g/mol. The number of pyridine rings is 3. The molecule has 0 saturated heterocycles. The van der Waals surface area contributed by atoms with Crippen LogP contribution in [0.4, 0.5) is 4.39 Å². The molecule has 0 radical (unpaired) electrons. The van der Waals surface area contributed by atoms with Crippen molar-refractivity contribution in [1.29, 1.82) is 0 Å². The maximum atomic E-state index is 13.6. The van der Waals surface area contributed by atoms with E-state index in [-0.39, 0.29) is 5.82 Å². The molecule has 0 fully saturated rings. The number of halogens is 1. The molecule has 0 amide bonds. The third-order valence-electron chi connectivity index (χ3n) is 6.73. The van der Waals surface area contributed by atoms with Crippen molar-refractivity contribution in [2.45, 2.75) is 0 Å². The van der Waals surface area contributed by atoms with Crippen molar-refractivity contribution in [3.05, 3.63) is 116 Å². The summed E-state index contributed by atoms with van der Waals surface area (Å²) in [4.78, 5) is 14.1. The first-order valence-corrected chi connectivity index (χ1v) is 12.2. The molecule has 2 aromatic carbocycles. The maximum absolute atomic E-state index is 13.6. The molecule has 5 heterocycles. The first-order chi connectivity index (χ1) is 18.6. The van der Waals surface area contributed by atoms with Crippen LogP contribution in [0.25, 0.3) is 61.4 Å². The van der Waals surface area contributed by atoms with E-state index in [0.29, 0.717) is 0 Å². The molecule has 7 rings (SSSR count). The normalized spacial score (nSPS) is 11.4. The molecule has 38 heavy (non-hydrogen) atoms. The summed E-state index contributed by atoms with van der Waals surface area (Å²) >= 11 is 0. The van der Waals surface area contributed by atoms with Gasteiger partial charge in [-0.1, -0.05) is 30.3 Å². The van der Waals surface area contributed by atoms with Crippen LogP contribution >= 0.6 is 0 Å². The van der Waals surface area contributed by atoms with Crippen molar-refractivity contribution >= 4 is 21.8 Å². The summed E-state index contributed by atoms with van der Waals surface area (Å²) in [7, 11) is 1.88. The maximum Gasteiger partial charge on any atom is 0.137 e. The summed E-state index contributed by atoms with van der Waals surface area (Å²) in [6.07, 6.45) is 7.41. The van der Waals surface area contributed by atoms with Gasteiger partial charge in [-0.05, 0) is 65.7 Å². The number of para-hydroxylation sites is 1. The zero-order valence-electron chi connectivity index (χ0n) is 20.5. The summed E-state index contributed by atoms with van der Waals surface area (Å²) in [5.74, 6) is 0.528. The summed E-state index contributed by atoms with van der Waals surface area (Å²) in [6.45, 7) is 0. The van der Waals surface area contributed by atoms with Crippen LogP contribution in [0.5, 0.6) is 0 Å². The van der Waals surface area contributed by atoms with E-state index in [2.05, 4.69) is 26.8 Å². The molecule has 0 aliphatic rings. The van der Waals surface area contributed by atoms with Gasteiger partial charge < -0.3 is 0 Å². The van der Waals surface area contributed by atoms with Crippen LogP contribution < -0.4 is 0 Å². The lowest BCUT2D eigenvalue weighted by atomic mass is 10.0. The molecule has 0 N–H and O–H groups in total. The van der Waals surface area contributed by atoms with E-state index in [1.54, 1.807) is 16.8 Å². The molecule has 182 valence electrons.